The van der Waals surface area contributed by atoms with Crippen molar-refractivity contribution < 1.29 is 30.5 Å². The molecule has 0 rings (SSSR count). The lowest BCUT2D eigenvalue weighted by Gasteiger charge is -2.15. The molecule has 0 radical (unpaired) electrons. The first-order valence-corrected chi connectivity index (χ1v) is 26.8. The van der Waals surface area contributed by atoms with Gasteiger partial charge in [0.15, 0.2) is 0 Å². The zero-order chi connectivity index (χ0) is 58.2. The highest BCUT2D eigenvalue weighted by Crippen LogP contribution is 2.29. The van der Waals surface area contributed by atoms with Gasteiger partial charge in [-0.3, -0.25) is 0 Å². The monoisotopic (exact) mass is 962 g/mol. The molecule has 0 saturated heterocycles. The van der Waals surface area contributed by atoms with Gasteiger partial charge < -0.3 is 0 Å². The van der Waals surface area contributed by atoms with Crippen LogP contribution < -0.4 is 0 Å². The minimum atomic E-state index is -3.99. The largest absolute Gasteiger partial charge is 0.391 e. The van der Waals surface area contributed by atoms with Crippen LogP contribution in [-0.4, -0.2) is 12.4 Å². The number of hydrogen-bond donors (Lipinski definition) is 0. The highest BCUT2D eigenvalue weighted by Gasteiger charge is 2.35. The van der Waals surface area contributed by atoms with E-state index in [9.17, 15) is 26.3 Å². The molecule has 6 heteroatoms. The second kappa shape index (κ2) is 72.6. The van der Waals surface area contributed by atoms with Gasteiger partial charge in [0.05, 0.1) is 11.8 Å². The van der Waals surface area contributed by atoms with Crippen LogP contribution >= 0.6 is 0 Å². The van der Waals surface area contributed by atoms with Crippen molar-refractivity contribution in [2.45, 2.75) is 343 Å². The van der Waals surface area contributed by atoms with Crippen LogP contribution in [0.2, 0.25) is 0 Å². The summed E-state index contributed by atoms with van der Waals surface area (Å²) < 4.78 is 89.9. The van der Waals surface area contributed by atoms with E-state index in [-0.39, 0.29) is 18.7 Å². The molecule has 0 aromatic rings. The molecule has 0 bridgehead atoms. The molecule has 0 saturated carbocycles. The van der Waals surface area contributed by atoms with Crippen LogP contribution in [0.25, 0.3) is 0 Å². The van der Waals surface area contributed by atoms with Crippen LogP contribution in [0.4, 0.5) is 26.3 Å². The van der Waals surface area contributed by atoms with E-state index in [1.165, 1.54) is 97.8 Å². The molecule has 0 aromatic carbocycles. The van der Waals surface area contributed by atoms with Gasteiger partial charge >= 0.3 is 12.4 Å². The summed E-state index contributed by atoms with van der Waals surface area (Å²) in [6.07, 6.45) is 8.57. The minimum Gasteiger partial charge on any atom is -0.171 e. The molecule has 0 aliphatic carbocycles. The first-order chi connectivity index (χ1) is 30.2. The Morgan fingerprint density at radius 3 is 0.677 bits per heavy atom. The third-order valence-corrected chi connectivity index (χ3v) is 7.76. The average Bonchev–Trinajstić information content (AvgIpc) is 3.14. The molecule has 414 valence electrons. The number of rotatable bonds is 11. The lowest BCUT2D eigenvalue weighted by atomic mass is 9.91. The van der Waals surface area contributed by atoms with Crippen LogP contribution in [0.5, 0.6) is 0 Å². The summed E-state index contributed by atoms with van der Waals surface area (Å²) in [7, 11) is 0. The molecule has 0 aromatic heterocycles. The Bertz CT molecular complexity index is 770. The molecule has 65 heavy (non-hydrogen) atoms. The molecule has 0 spiro atoms. The molecule has 0 nitrogen and oxygen atoms in total. The summed E-state index contributed by atoms with van der Waals surface area (Å²) in [5, 5.41) is 0. The van der Waals surface area contributed by atoms with Gasteiger partial charge in [0.2, 0.25) is 0 Å². The Hall–Kier alpha value is -0.420. The van der Waals surface area contributed by atoms with E-state index >= 15 is 0 Å². The molecule has 0 amide bonds. The fourth-order valence-corrected chi connectivity index (χ4v) is 2.51. The van der Waals surface area contributed by atoms with Crippen LogP contribution in [0.1, 0.15) is 335 Å². The number of unbranched alkanes of at least 4 members (excludes halogenated alkanes) is 3. The Morgan fingerprint density at radius 2 is 0.662 bits per heavy atom. The van der Waals surface area contributed by atoms with Crippen molar-refractivity contribution in [3.05, 3.63) is 0 Å². The quantitative estimate of drug-likeness (QED) is 0.181. The van der Waals surface area contributed by atoms with Crippen LogP contribution in [0, 0.1) is 46.3 Å². The van der Waals surface area contributed by atoms with E-state index in [2.05, 4.69) is 159 Å². The van der Waals surface area contributed by atoms with Crippen molar-refractivity contribution in [3.8, 4) is 0 Å². The average molecular weight is 963 g/mol. The number of alkyl halides is 6. The molecule has 0 heterocycles. The molecule has 0 fully saturated rings. The van der Waals surface area contributed by atoms with E-state index < -0.39 is 30.6 Å². The van der Waals surface area contributed by atoms with Crippen LogP contribution in [0.3, 0.4) is 0 Å². The van der Waals surface area contributed by atoms with Gasteiger partial charge in [0.1, 0.15) is 0 Å². The maximum Gasteiger partial charge on any atom is 0.391 e. The maximum atomic E-state index is 11.6. The van der Waals surface area contributed by atoms with Gasteiger partial charge in [-0.25, -0.2) is 0 Å². The number of hydrogen-bond acceptors (Lipinski definition) is 0. The van der Waals surface area contributed by atoms with E-state index in [4.69, 9.17) is 4.11 Å². The summed E-state index contributed by atoms with van der Waals surface area (Å²) >= 11 is 0. The summed E-state index contributed by atoms with van der Waals surface area (Å²) in [4.78, 5) is 0. The van der Waals surface area contributed by atoms with E-state index in [0.717, 1.165) is 17.8 Å². The number of halogens is 6. The summed E-state index contributed by atoms with van der Waals surface area (Å²) in [5.74, 6) is 0.0787. The second-order valence-corrected chi connectivity index (χ2v) is 21.3. The molecule has 0 N–H and O–H groups in total. The fraction of sp³-hybridized carbons (Fsp3) is 1.00. The summed E-state index contributed by atoms with van der Waals surface area (Å²) in [6.45, 7) is 65.5. The van der Waals surface area contributed by atoms with E-state index in [1.807, 2.05) is 27.7 Å². The second-order valence-electron chi connectivity index (χ2n) is 21.3. The van der Waals surface area contributed by atoms with E-state index in [1.54, 1.807) is 13.8 Å². The zero-order valence-electron chi connectivity index (χ0n) is 54.5. The van der Waals surface area contributed by atoms with Gasteiger partial charge in [-0.1, -0.05) is 311 Å². The van der Waals surface area contributed by atoms with Gasteiger partial charge in [0, 0.05) is 4.11 Å². The predicted octanol–water partition coefficient (Wildman–Crippen LogP) is 25.9. The molecular weight excluding hydrogens is 823 g/mol. The topological polar surface area (TPSA) is 0 Å². The summed E-state index contributed by atoms with van der Waals surface area (Å²) in [6, 6.07) is 0. The van der Waals surface area contributed by atoms with Crippen molar-refractivity contribution in [1.29, 1.82) is 0 Å². The summed E-state index contributed by atoms with van der Waals surface area (Å²) in [5.41, 5.74) is 1.09. The molecule has 0 aliphatic rings. The smallest absolute Gasteiger partial charge is 0.171 e. The molecule has 0 aliphatic heterocycles. The zero-order valence-corrected chi connectivity index (χ0v) is 51.5. The van der Waals surface area contributed by atoms with Crippen molar-refractivity contribution >= 4 is 0 Å². The van der Waals surface area contributed by atoms with Crippen LogP contribution in [-0.2, 0) is 0 Å². The fourth-order valence-electron chi connectivity index (χ4n) is 2.51. The Kier molecular flexibility index (Phi) is 94.3. The van der Waals surface area contributed by atoms with E-state index in [0.29, 0.717) is 23.7 Å². The first-order valence-electron chi connectivity index (χ1n) is 28.3. The molecule has 2 atom stereocenters. The molecule has 2 unspecified atom stereocenters. The Morgan fingerprint density at radius 1 is 0.400 bits per heavy atom. The highest BCUT2D eigenvalue weighted by atomic mass is 19.4. The predicted molar refractivity (Wildman–Crippen MR) is 298 cm³/mol. The van der Waals surface area contributed by atoms with Crippen molar-refractivity contribution in [1.82, 2.24) is 0 Å². The van der Waals surface area contributed by atoms with Gasteiger partial charge in [-0.05, 0) is 53.7 Å². The van der Waals surface area contributed by atoms with Gasteiger partial charge in [-0.2, -0.15) is 26.3 Å². The molecular formula is C59H136F6. The van der Waals surface area contributed by atoms with Gasteiger partial charge in [0.25, 0.3) is 0 Å². The lowest BCUT2D eigenvalue weighted by molar-refractivity contribution is -0.171. The van der Waals surface area contributed by atoms with Crippen molar-refractivity contribution in [2.75, 3.05) is 0 Å². The van der Waals surface area contributed by atoms with Gasteiger partial charge in [-0.15, -0.1) is 0 Å². The third-order valence-electron chi connectivity index (χ3n) is 7.76. The highest BCUT2D eigenvalue weighted by molar-refractivity contribution is 4.60. The van der Waals surface area contributed by atoms with Crippen molar-refractivity contribution in [3.63, 3.8) is 0 Å². The normalized spacial score (nSPS) is 12.2. The lowest BCUT2D eigenvalue weighted by Crippen LogP contribution is -2.19. The first kappa shape index (κ1) is 84.5. The maximum absolute atomic E-state index is 11.6. The van der Waals surface area contributed by atoms with Crippen LogP contribution in [0.15, 0.2) is 0 Å². The SMILES string of the molecule is CC(C)C.CCC.CCC(C)(C)C.CCC(C)C.CCC(C)C(F)(F)F.CCCC.CCCC(C)(C)C.CCCC(C)C.CCCC(C)C(F)(F)F.CCCCC.[2H]C(C)(C)C.[2H]C([2H])(C)CC. The standard InChI is InChI=1S/C7H16.C6H11F3.2C6H14.C5H9F3.2C5H12.4C4H10.C3H8/c1-5-6-7(2,3)4;1-3-4-5(2)6(7,8)9;1-5-6(2,3)4;1-4-5-6(2)3;1-3-4(2)5(6,7)8;1-4-5(2)3;1-3-5-4-2;2*1-4(2)3;2*1-3-4-2;1-3-2/h5-6H2,1-4H3;5H,3-4H2,1-2H3;5H2,1-4H3;6H,4-5H2,1-3H3;4H,3H2,1-2H3;5H,4H2,1-3H3;3-5H2,1-2H3;2*4H,1-3H3;2*3-4H2,1-2H3;3H2,1-2H3/i;;;;;;;4D;;3D2;;. The minimum absolute atomic E-state index is 0.170. The Labute approximate surface area is 418 Å². The Balaban J connectivity index is -0.0000000508. The van der Waals surface area contributed by atoms with Crippen molar-refractivity contribution in [2.24, 2.45) is 46.3 Å². The third kappa shape index (κ3) is 227.